The summed E-state index contributed by atoms with van der Waals surface area (Å²) in [6.45, 7) is 2.80. The number of carbonyl (C=O) groups excluding carboxylic acids is 1. The number of aromatic nitrogens is 3. The third-order valence-corrected chi connectivity index (χ3v) is 10.2. The van der Waals surface area contributed by atoms with Gasteiger partial charge in [0.2, 0.25) is 5.91 Å². The van der Waals surface area contributed by atoms with E-state index in [-0.39, 0.29) is 17.4 Å². The molecule has 0 spiro atoms. The lowest BCUT2D eigenvalue weighted by Gasteiger charge is -2.31. The van der Waals surface area contributed by atoms with Crippen LogP contribution in [0.15, 0.2) is 66.0 Å². The Kier molecular flexibility index (Phi) is 7.46. The van der Waals surface area contributed by atoms with Crippen LogP contribution in [0.5, 0.6) is 0 Å². The van der Waals surface area contributed by atoms with Gasteiger partial charge in [0.1, 0.15) is 6.04 Å². The van der Waals surface area contributed by atoms with Crippen LogP contribution in [0, 0.1) is 6.92 Å². The van der Waals surface area contributed by atoms with E-state index in [1.54, 1.807) is 24.3 Å². The number of benzene rings is 2. The smallest absolute Gasteiger partial charge is 0.264 e. The fraction of sp³-hybridized carbons (Fsp3) is 0.433. The Balaban J connectivity index is 1.19. The third kappa shape index (κ3) is 5.42. The van der Waals surface area contributed by atoms with Crippen molar-refractivity contribution >= 4 is 15.9 Å². The van der Waals surface area contributed by atoms with Gasteiger partial charge in [-0.15, -0.1) is 5.10 Å². The molecule has 2 atom stereocenters. The van der Waals surface area contributed by atoms with Crippen molar-refractivity contribution in [3.05, 3.63) is 89.0 Å². The lowest BCUT2D eigenvalue weighted by Crippen LogP contribution is -2.50. The zero-order valence-electron chi connectivity index (χ0n) is 22.8. The van der Waals surface area contributed by atoms with Gasteiger partial charge in [0.15, 0.2) is 0 Å². The van der Waals surface area contributed by atoms with E-state index in [2.05, 4.69) is 39.1 Å². The molecule has 210 valence electrons. The van der Waals surface area contributed by atoms with Crippen molar-refractivity contribution in [3.8, 4) is 0 Å². The van der Waals surface area contributed by atoms with Crippen LogP contribution < -0.4 is 10.6 Å². The summed E-state index contributed by atoms with van der Waals surface area (Å²) in [4.78, 5) is 13.0. The lowest BCUT2D eigenvalue weighted by molar-refractivity contribution is -0.124. The molecule has 40 heavy (non-hydrogen) atoms. The number of amides is 1. The first-order chi connectivity index (χ1) is 19.4. The SMILES string of the molecule is Cc1ccc(S(=O)(=O)N2C=CNC(=O)C2Cc2cn([C@@H]3CCCc4cc(CNC5CCCC5)ccc43)nn2)cc1. The molecule has 2 N–H and O–H groups in total. The maximum Gasteiger partial charge on any atom is 0.264 e. The molecule has 3 aromatic rings. The summed E-state index contributed by atoms with van der Waals surface area (Å²) in [5, 5.41) is 15.1. The average molecular weight is 561 g/mol. The van der Waals surface area contributed by atoms with Gasteiger partial charge in [-0.1, -0.05) is 54.0 Å². The number of rotatable bonds is 8. The topological polar surface area (TPSA) is 109 Å². The normalized spacial score (nSPS) is 21.4. The minimum absolute atomic E-state index is 0.0642. The predicted octanol–water partition coefficient (Wildman–Crippen LogP) is 3.75. The van der Waals surface area contributed by atoms with Gasteiger partial charge in [0.25, 0.3) is 10.0 Å². The lowest BCUT2D eigenvalue weighted by atomic mass is 9.86. The highest BCUT2D eigenvalue weighted by atomic mass is 32.2. The van der Waals surface area contributed by atoms with Gasteiger partial charge in [-0.25, -0.2) is 13.1 Å². The van der Waals surface area contributed by atoms with Gasteiger partial charge in [0, 0.05) is 37.6 Å². The second-order valence-electron chi connectivity index (χ2n) is 11.2. The molecule has 0 saturated heterocycles. The van der Waals surface area contributed by atoms with Crippen molar-refractivity contribution in [2.45, 2.75) is 87.9 Å². The molecule has 1 aliphatic heterocycles. The summed E-state index contributed by atoms with van der Waals surface area (Å²) in [6.07, 6.45) is 13.0. The van der Waals surface area contributed by atoms with Gasteiger partial charge in [0.05, 0.1) is 16.6 Å². The summed E-state index contributed by atoms with van der Waals surface area (Å²) in [5.41, 5.74) is 5.46. The maximum absolute atomic E-state index is 13.4. The number of carbonyl (C=O) groups is 1. The third-order valence-electron chi connectivity index (χ3n) is 8.37. The molecule has 9 nitrogen and oxygen atoms in total. The summed E-state index contributed by atoms with van der Waals surface area (Å²) in [5.74, 6) is -0.394. The largest absolute Gasteiger partial charge is 0.329 e. The zero-order chi connectivity index (χ0) is 27.7. The minimum atomic E-state index is -3.92. The highest BCUT2D eigenvalue weighted by Crippen LogP contribution is 2.33. The van der Waals surface area contributed by atoms with E-state index in [4.69, 9.17) is 0 Å². The van der Waals surface area contributed by atoms with Crippen LogP contribution in [-0.4, -0.2) is 45.7 Å². The number of nitrogens with zero attached hydrogens (tertiary/aromatic N) is 4. The van der Waals surface area contributed by atoms with Crippen molar-refractivity contribution in [3.63, 3.8) is 0 Å². The molecule has 1 fully saturated rings. The van der Waals surface area contributed by atoms with Crippen LogP contribution in [0.4, 0.5) is 0 Å². The quantitative estimate of drug-likeness (QED) is 0.434. The Labute approximate surface area is 235 Å². The van der Waals surface area contributed by atoms with Crippen LogP contribution in [-0.2, 0) is 34.2 Å². The van der Waals surface area contributed by atoms with Gasteiger partial charge in [-0.2, -0.15) is 0 Å². The Hall–Kier alpha value is -3.50. The first-order valence-electron chi connectivity index (χ1n) is 14.2. The number of fused-ring (bicyclic) bond motifs is 1. The van der Waals surface area contributed by atoms with Crippen LogP contribution in [0.25, 0.3) is 0 Å². The highest BCUT2D eigenvalue weighted by molar-refractivity contribution is 7.89. The molecule has 2 heterocycles. The summed E-state index contributed by atoms with van der Waals surface area (Å²) >= 11 is 0. The second-order valence-corrected chi connectivity index (χ2v) is 13.0. The van der Waals surface area contributed by atoms with E-state index < -0.39 is 22.0 Å². The molecular formula is C30H36N6O3S. The van der Waals surface area contributed by atoms with Crippen molar-refractivity contribution in [1.82, 2.24) is 29.9 Å². The van der Waals surface area contributed by atoms with Crippen molar-refractivity contribution in [2.75, 3.05) is 0 Å². The van der Waals surface area contributed by atoms with E-state index in [1.807, 2.05) is 17.8 Å². The highest BCUT2D eigenvalue weighted by Gasteiger charge is 2.36. The molecule has 0 bridgehead atoms. The van der Waals surface area contributed by atoms with Crippen molar-refractivity contribution in [2.24, 2.45) is 0 Å². The Bertz CT molecular complexity index is 1510. The molecule has 1 amide bonds. The summed E-state index contributed by atoms with van der Waals surface area (Å²) in [6, 6.07) is 13.1. The van der Waals surface area contributed by atoms with Gasteiger partial charge >= 0.3 is 0 Å². The van der Waals surface area contributed by atoms with Crippen molar-refractivity contribution in [1.29, 1.82) is 0 Å². The summed E-state index contributed by atoms with van der Waals surface area (Å²) in [7, 11) is -3.92. The molecule has 1 unspecified atom stereocenters. The average Bonchev–Trinajstić information content (AvgIpc) is 3.65. The van der Waals surface area contributed by atoms with Crippen LogP contribution in [0.3, 0.4) is 0 Å². The maximum atomic E-state index is 13.4. The van der Waals surface area contributed by atoms with Gasteiger partial charge < -0.3 is 10.6 Å². The van der Waals surface area contributed by atoms with Crippen molar-refractivity contribution < 1.29 is 13.2 Å². The first kappa shape index (κ1) is 26.7. The Morgan fingerprint density at radius 1 is 1.05 bits per heavy atom. The fourth-order valence-corrected chi connectivity index (χ4v) is 7.60. The number of sulfonamides is 1. The zero-order valence-corrected chi connectivity index (χ0v) is 23.6. The monoisotopic (exact) mass is 560 g/mol. The molecule has 0 radical (unpaired) electrons. The van der Waals surface area contributed by atoms with Gasteiger partial charge in [-0.05, 0) is 67.9 Å². The molecule has 10 heteroatoms. The fourth-order valence-electron chi connectivity index (χ4n) is 6.15. The molecule has 2 aliphatic carbocycles. The van der Waals surface area contributed by atoms with E-state index >= 15 is 0 Å². The van der Waals surface area contributed by atoms with Gasteiger partial charge in [-0.3, -0.25) is 9.10 Å². The van der Waals surface area contributed by atoms with E-state index in [0.29, 0.717) is 11.7 Å². The van der Waals surface area contributed by atoms with E-state index in [9.17, 15) is 13.2 Å². The summed E-state index contributed by atoms with van der Waals surface area (Å²) < 4.78 is 29.9. The minimum Gasteiger partial charge on any atom is -0.329 e. The standard InChI is InChI=1S/C30H36N6O3S/c1-21-9-12-26(13-10-21)40(38,39)36-16-15-31-30(37)29(36)18-25-20-35(34-33-25)28-8-4-5-23-17-22(11-14-27(23)28)19-32-24-6-2-3-7-24/h9-17,20,24,28-29,32H,2-8,18-19H2,1H3,(H,31,37)/t28-,29?/m1/s1. The van der Waals surface area contributed by atoms with Crippen LogP contribution in [0.1, 0.15) is 72.5 Å². The van der Waals surface area contributed by atoms with E-state index in [1.165, 1.54) is 54.8 Å². The molecular weight excluding hydrogens is 524 g/mol. The first-order valence-corrected chi connectivity index (χ1v) is 15.7. The Morgan fingerprint density at radius 2 is 1.85 bits per heavy atom. The Morgan fingerprint density at radius 3 is 2.65 bits per heavy atom. The number of hydrogen-bond acceptors (Lipinski definition) is 6. The molecule has 6 rings (SSSR count). The molecule has 3 aliphatic rings. The molecule has 2 aromatic carbocycles. The molecule has 1 aromatic heterocycles. The predicted molar refractivity (Wildman–Crippen MR) is 152 cm³/mol. The number of hydrogen-bond donors (Lipinski definition) is 2. The van der Waals surface area contributed by atoms with Crippen LogP contribution >= 0.6 is 0 Å². The van der Waals surface area contributed by atoms with E-state index in [0.717, 1.165) is 35.7 Å². The second kappa shape index (κ2) is 11.2. The number of aryl methyl sites for hydroxylation is 2. The van der Waals surface area contributed by atoms with Crippen LogP contribution in [0.2, 0.25) is 0 Å². The molecule has 1 saturated carbocycles. The number of nitrogens with one attached hydrogen (secondary N) is 2.